The van der Waals surface area contributed by atoms with Gasteiger partial charge in [0, 0.05) is 16.1 Å². The van der Waals surface area contributed by atoms with Crippen molar-refractivity contribution in [2.24, 2.45) is 0 Å². The van der Waals surface area contributed by atoms with E-state index in [0.29, 0.717) is 10.7 Å². The second-order valence-electron chi connectivity index (χ2n) is 3.90. The monoisotopic (exact) mass is 296 g/mol. The zero-order valence-corrected chi connectivity index (χ0v) is 12.1. The van der Waals surface area contributed by atoms with E-state index in [1.165, 1.54) is 18.4 Å². The maximum absolute atomic E-state index is 11.8. The van der Waals surface area contributed by atoms with E-state index in [-0.39, 0.29) is 5.97 Å². The van der Waals surface area contributed by atoms with Gasteiger partial charge in [-0.1, -0.05) is 11.6 Å². The second-order valence-corrected chi connectivity index (χ2v) is 5.40. The van der Waals surface area contributed by atoms with E-state index in [1.807, 2.05) is 12.3 Å². The number of aromatic nitrogens is 1. The first-order valence-corrected chi connectivity index (χ1v) is 6.88. The second kappa shape index (κ2) is 6.04. The van der Waals surface area contributed by atoms with Crippen LogP contribution in [0.25, 0.3) is 0 Å². The number of hydrogen-bond acceptors (Lipinski definition) is 5. The summed E-state index contributed by atoms with van der Waals surface area (Å²) in [5, 5.41) is 6.49. The van der Waals surface area contributed by atoms with Gasteiger partial charge < -0.3 is 10.1 Å². The van der Waals surface area contributed by atoms with Crippen LogP contribution in [0.3, 0.4) is 0 Å². The largest absolute Gasteiger partial charge is 0.467 e. The SMILES string of the molecule is COC(=O)C(Nc1ccc(Cl)cc1)c1csc(C)n1. The van der Waals surface area contributed by atoms with Crippen molar-refractivity contribution < 1.29 is 9.53 Å². The molecule has 1 unspecified atom stereocenters. The normalized spacial score (nSPS) is 11.9. The number of nitrogens with one attached hydrogen (secondary N) is 1. The summed E-state index contributed by atoms with van der Waals surface area (Å²) in [6, 6.07) is 6.50. The maximum atomic E-state index is 11.8. The van der Waals surface area contributed by atoms with Gasteiger partial charge in [-0.15, -0.1) is 11.3 Å². The van der Waals surface area contributed by atoms with Crippen LogP contribution in [0.15, 0.2) is 29.6 Å². The number of ether oxygens (including phenoxy) is 1. The molecule has 0 amide bonds. The molecule has 1 aromatic heterocycles. The van der Waals surface area contributed by atoms with Crippen molar-refractivity contribution >= 4 is 34.6 Å². The van der Waals surface area contributed by atoms with E-state index >= 15 is 0 Å². The average Bonchev–Trinajstić information content (AvgIpc) is 2.83. The molecule has 2 aromatic rings. The fourth-order valence-electron chi connectivity index (χ4n) is 1.60. The Morgan fingerprint density at radius 2 is 2.11 bits per heavy atom. The van der Waals surface area contributed by atoms with Crippen molar-refractivity contribution in [3.63, 3.8) is 0 Å². The number of benzene rings is 1. The van der Waals surface area contributed by atoms with Crippen LogP contribution in [0.5, 0.6) is 0 Å². The minimum Gasteiger partial charge on any atom is -0.467 e. The molecule has 2 rings (SSSR count). The highest BCUT2D eigenvalue weighted by Crippen LogP contribution is 2.23. The highest BCUT2D eigenvalue weighted by Gasteiger charge is 2.23. The van der Waals surface area contributed by atoms with E-state index in [9.17, 15) is 4.79 Å². The summed E-state index contributed by atoms with van der Waals surface area (Å²) in [5.41, 5.74) is 1.44. The Labute approximate surface area is 120 Å². The molecule has 0 saturated heterocycles. The van der Waals surface area contributed by atoms with Gasteiger partial charge in [0.15, 0.2) is 6.04 Å². The molecular weight excluding hydrogens is 284 g/mol. The summed E-state index contributed by atoms with van der Waals surface area (Å²) in [5.74, 6) is -0.375. The lowest BCUT2D eigenvalue weighted by molar-refractivity contribution is -0.141. The molecule has 1 atom stereocenters. The summed E-state index contributed by atoms with van der Waals surface area (Å²) in [4.78, 5) is 16.2. The Kier molecular flexibility index (Phi) is 4.39. The van der Waals surface area contributed by atoms with Crippen molar-refractivity contribution in [3.8, 4) is 0 Å². The predicted octanol–water partition coefficient (Wildman–Crippen LogP) is 3.43. The summed E-state index contributed by atoms with van der Waals surface area (Å²) in [6.07, 6.45) is 0. The highest BCUT2D eigenvalue weighted by atomic mass is 35.5. The van der Waals surface area contributed by atoms with Crippen LogP contribution < -0.4 is 5.32 Å². The first-order valence-electron chi connectivity index (χ1n) is 5.62. The van der Waals surface area contributed by atoms with Gasteiger partial charge in [0.05, 0.1) is 17.8 Å². The Bertz CT molecular complexity index is 568. The molecule has 19 heavy (non-hydrogen) atoms. The van der Waals surface area contributed by atoms with Gasteiger partial charge in [-0.3, -0.25) is 0 Å². The van der Waals surface area contributed by atoms with E-state index < -0.39 is 6.04 Å². The molecule has 4 nitrogen and oxygen atoms in total. The first kappa shape index (κ1) is 13.8. The van der Waals surface area contributed by atoms with Gasteiger partial charge in [0.25, 0.3) is 0 Å². The van der Waals surface area contributed by atoms with Crippen molar-refractivity contribution in [2.45, 2.75) is 13.0 Å². The first-order chi connectivity index (χ1) is 9.10. The number of carbonyl (C=O) groups is 1. The van der Waals surface area contributed by atoms with E-state index in [2.05, 4.69) is 10.3 Å². The summed E-state index contributed by atoms with van der Waals surface area (Å²) in [7, 11) is 1.36. The number of aryl methyl sites for hydroxylation is 1. The van der Waals surface area contributed by atoms with Crippen LogP contribution >= 0.6 is 22.9 Å². The minimum absolute atomic E-state index is 0.375. The Morgan fingerprint density at radius 3 is 2.63 bits per heavy atom. The van der Waals surface area contributed by atoms with Crippen LogP contribution in [0.1, 0.15) is 16.7 Å². The zero-order chi connectivity index (χ0) is 13.8. The maximum Gasteiger partial charge on any atom is 0.334 e. The van der Waals surface area contributed by atoms with Gasteiger partial charge in [-0.2, -0.15) is 0 Å². The topological polar surface area (TPSA) is 51.2 Å². The lowest BCUT2D eigenvalue weighted by Crippen LogP contribution is -2.22. The lowest BCUT2D eigenvalue weighted by Gasteiger charge is -2.15. The van der Waals surface area contributed by atoms with E-state index in [4.69, 9.17) is 16.3 Å². The predicted molar refractivity (Wildman–Crippen MR) is 76.7 cm³/mol. The number of anilines is 1. The molecule has 1 N–H and O–H groups in total. The van der Waals surface area contributed by atoms with Crippen LogP contribution in [-0.4, -0.2) is 18.1 Å². The zero-order valence-electron chi connectivity index (χ0n) is 10.5. The van der Waals surface area contributed by atoms with E-state index in [1.54, 1.807) is 24.3 Å². The number of hydrogen-bond donors (Lipinski definition) is 1. The number of thiazole rings is 1. The highest BCUT2D eigenvalue weighted by molar-refractivity contribution is 7.09. The van der Waals surface area contributed by atoms with Crippen molar-refractivity contribution in [3.05, 3.63) is 45.4 Å². The molecule has 0 saturated carbocycles. The van der Waals surface area contributed by atoms with Gasteiger partial charge in [-0.05, 0) is 31.2 Å². The number of methoxy groups -OCH3 is 1. The van der Waals surface area contributed by atoms with Crippen molar-refractivity contribution in [1.29, 1.82) is 0 Å². The molecule has 6 heteroatoms. The number of carbonyl (C=O) groups excluding carboxylic acids is 1. The molecule has 0 aliphatic heterocycles. The Morgan fingerprint density at radius 1 is 1.42 bits per heavy atom. The van der Waals surface area contributed by atoms with Gasteiger partial charge in [-0.25, -0.2) is 9.78 Å². The minimum atomic E-state index is -0.615. The summed E-state index contributed by atoms with van der Waals surface area (Å²) < 4.78 is 4.81. The standard InChI is InChI=1S/C13H13ClN2O2S/c1-8-15-11(7-19-8)12(13(17)18-2)16-10-5-3-9(14)4-6-10/h3-7,12,16H,1-2H3. The average molecular weight is 297 g/mol. The van der Waals surface area contributed by atoms with Crippen molar-refractivity contribution in [2.75, 3.05) is 12.4 Å². The van der Waals surface area contributed by atoms with Gasteiger partial charge in [0.1, 0.15) is 0 Å². The third-order valence-corrected chi connectivity index (χ3v) is 3.57. The molecule has 0 aliphatic rings. The van der Waals surface area contributed by atoms with Gasteiger partial charge >= 0.3 is 5.97 Å². The third kappa shape index (κ3) is 3.45. The van der Waals surface area contributed by atoms with E-state index in [0.717, 1.165) is 10.7 Å². The van der Waals surface area contributed by atoms with Crippen LogP contribution in [0, 0.1) is 6.92 Å². The molecule has 1 heterocycles. The van der Waals surface area contributed by atoms with Crippen LogP contribution in [0.4, 0.5) is 5.69 Å². The number of esters is 1. The van der Waals surface area contributed by atoms with Gasteiger partial charge in [0.2, 0.25) is 0 Å². The molecule has 1 aromatic carbocycles. The third-order valence-electron chi connectivity index (χ3n) is 2.52. The Balaban J connectivity index is 2.23. The summed E-state index contributed by atoms with van der Waals surface area (Å²) >= 11 is 7.32. The molecule has 0 spiro atoms. The molecular formula is C13H13ClN2O2S. The van der Waals surface area contributed by atoms with Crippen LogP contribution in [0.2, 0.25) is 5.02 Å². The molecule has 100 valence electrons. The number of halogens is 1. The number of rotatable bonds is 4. The fraction of sp³-hybridized carbons (Fsp3) is 0.231. The number of nitrogens with zero attached hydrogens (tertiary/aromatic N) is 1. The smallest absolute Gasteiger partial charge is 0.334 e. The Hall–Kier alpha value is -1.59. The quantitative estimate of drug-likeness (QED) is 0.878. The fourth-order valence-corrected chi connectivity index (χ4v) is 2.36. The molecule has 0 bridgehead atoms. The lowest BCUT2D eigenvalue weighted by atomic mass is 10.2. The van der Waals surface area contributed by atoms with Crippen molar-refractivity contribution in [1.82, 2.24) is 4.98 Å². The molecule has 0 fully saturated rings. The molecule has 0 aliphatic carbocycles. The van der Waals surface area contributed by atoms with Crippen LogP contribution in [-0.2, 0) is 9.53 Å². The summed E-state index contributed by atoms with van der Waals surface area (Å²) in [6.45, 7) is 1.89. The molecule has 0 radical (unpaired) electrons.